The third kappa shape index (κ3) is 3.85. The van der Waals surface area contributed by atoms with E-state index in [1.165, 1.54) is 0 Å². The van der Waals surface area contributed by atoms with Crippen molar-refractivity contribution in [3.8, 4) is 26.6 Å². The predicted molar refractivity (Wildman–Crippen MR) is 126 cm³/mol. The first-order valence-electron chi connectivity index (χ1n) is 9.49. The van der Waals surface area contributed by atoms with Crippen LogP contribution in [0, 0.1) is 0 Å². The van der Waals surface area contributed by atoms with Gasteiger partial charge in [0.25, 0.3) is 11.1 Å². The minimum absolute atomic E-state index is 0.344. The average Bonchev–Trinajstić information content (AvgIpc) is 3.40. The highest BCUT2D eigenvalue weighted by Crippen LogP contribution is 2.38. The summed E-state index contributed by atoms with van der Waals surface area (Å²) in [4.78, 5) is 30.5. The number of aromatic nitrogens is 1. The average molecular weight is 445 g/mol. The molecule has 1 aliphatic heterocycles. The number of hydrogen-bond acceptors (Lipinski definition) is 6. The van der Waals surface area contributed by atoms with Gasteiger partial charge in [-0.3, -0.25) is 19.9 Å². The van der Waals surface area contributed by atoms with Crippen molar-refractivity contribution < 1.29 is 14.3 Å². The number of fused-ring (bicyclic) bond motifs is 1. The van der Waals surface area contributed by atoms with Crippen molar-refractivity contribution in [2.24, 2.45) is 0 Å². The summed E-state index contributed by atoms with van der Waals surface area (Å²) < 4.78 is 5.35. The largest absolute Gasteiger partial charge is 0.497 e. The minimum Gasteiger partial charge on any atom is -0.497 e. The molecule has 3 heterocycles. The molecule has 2 aromatic heterocycles. The summed E-state index contributed by atoms with van der Waals surface area (Å²) in [6.45, 7) is 0. The molecule has 5 rings (SSSR count). The van der Waals surface area contributed by atoms with Gasteiger partial charge in [-0.15, -0.1) is 11.3 Å². The summed E-state index contributed by atoms with van der Waals surface area (Å²) in [5.74, 6) is 0.467. The molecule has 0 aliphatic carbocycles. The molecule has 2 aromatic carbocycles. The van der Waals surface area contributed by atoms with E-state index >= 15 is 0 Å². The number of nitrogens with one attached hydrogen (secondary N) is 1. The lowest BCUT2D eigenvalue weighted by atomic mass is 10.0. The summed E-state index contributed by atoms with van der Waals surface area (Å²) in [6, 6.07) is 20.1. The van der Waals surface area contributed by atoms with Crippen LogP contribution in [0.15, 0.2) is 71.8 Å². The molecule has 0 unspecified atom stereocenters. The normalized spacial score (nSPS) is 14.9. The van der Waals surface area contributed by atoms with Crippen LogP contribution in [0.4, 0.5) is 4.79 Å². The van der Waals surface area contributed by atoms with Crippen molar-refractivity contribution in [1.29, 1.82) is 0 Å². The fraction of sp³-hybridized carbons (Fsp3) is 0.0417. The third-order valence-electron chi connectivity index (χ3n) is 4.93. The Morgan fingerprint density at radius 2 is 1.87 bits per heavy atom. The molecule has 0 bridgehead atoms. The Kier molecular flexibility index (Phi) is 5.05. The van der Waals surface area contributed by atoms with E-state index in [4.69, 9.17) is 4.74 Å². The monoisotopic (exact) mass is 444 g/mol. The summed E-state index contributed by atoms with van der Waals surface area (Å²) in [5.41, 5.74) is 3.89. The van der Waals surface area contributed by atoms with Gasteiger partial charge < -0.3 is 4.74 Å². The summed E-state index contributed by atoms with van der Waals surface area (Å²) in [7, 11) is 1.67. The zero-order valence-corrected chi connectivity index (χ0v) is 18.0. The maximum atomic E-state index is 11.9. The van der Waals surface area contributed by atoms with Gasteiger partial charge in [0.15, 0.2) is 0 Å². The second kappa shape index (κ2) is 8.02. The molecule has 1 aliphatic rings. The van der Waals surface area contributed by atoms with Gasteiger partial charge in [-0.25, -0.2) is 0 Å². The molecule has 4 aromatic rings. The highest BCUT2D eigenvalue weighted by atomic mass is 32.2. The number of thiophene rings is 1. The standard InChI is InChI=1S/C24H16N2O3S2/c1-29-16-4-2-3-15(13-16)20-7-8-21(30-20)17-9-10-25-19-6-5-14(11-18(17)19)12-22-23(27)26-24(28)31-22/h2-13H,1H3,(H,26,27,28)/b22-12-. The molecular formula is C24H16N2O3S2. The van der Waals surface area contributed by atoms with E-state index in [0.29, 0.717) is 4.91 Å². The molecule has 152 valence electrons. The number of carbonyl (C=O) groups is 2. The second-order valence-electron chi connectivity index (χ2n) is 6.88. The Morgan fingerprint density at radius 3 is 2.68 bits per heavy atom. The van der Waals surface area contributed by atoms with Crippen molar-refractivity contribution in [1.82, 2.24) is 10.3 Å². The van der Waals surface area contributed by atoms with E-state index < -0.39 is 0 Å². The number of benzene rings is 2. The maximum absolute atomic E-state index is 11.9. The Labute approximate surface area is 186 Å². The maximum Gasteiger partial charge on any atom is 0.290 e. The van der Waals surface area contributed by atoms with Crippen LogP contribution in [-0.4, -0.2) is 23.2 Å². The molecule has 1 saturated heterocycles. The quantitative estimate of drug-likeness (QED) is 0.393. The van der Waals surface area contributed by atoms with Crippen LogP contribution in [0.1, 0.15) is 5.56 Å². The van der Waals surface area contributed by atoms with Crippen LogP contribution in [-0.2, 0) is 4.79 Å². The molecule has 0 saturated carbocycles. The smallest absolute Gasteiger partial charge is 0.290 e. The van der Waals surface area contributed by atoms with Gasteiger partial charge in [-0.05, 0) is 71.4 Å². The lowest BCUT2D eigenvalue weighted by Gasteiger charge is -2.06. The molecule has 0 atom stereocenters. The number of nitrogens with zero attached hydrogens (tertiary/aromatic N) is 1. The van der Waals surface area contributed by atoms with Crippen molar-refractivity contribution in [2.75, 3.05) is 7.11 Å². The number of thioether (sulfide) groups is 1. The van der Waals surface area contributed by atoms with E-state index in [9.17, 15) is 9.59 Å². The highest BCUT2D eigenvalue weighted by molar-refractivity contribution is 8.18. The Hall–Kier alpha value is -3.42. The first kappa shape index (κ1) is 19.5. The van der Waals surface area contributed by atoms with Crippen molar-refractivity contribution in [2.45, 2.75) is 0 Å². The highest BCUT2D eigenvalue weighted by Gasteiger charge is 2.25. The van der Waals surface area contributed by atoms with Crippen LogP contribution in [0.2, 0.25) is 0 Å². The lowest BCUT2D eigenvalue weighted by molar-refractivity contribution is -0.115. The molecule has 1 fully saturated rings. The van der Waals surface area contributed by atoms with Gasteiger partial charge in [0.1, 0.15) is 5.75 Å². The van der Waals surface area contributed by atoms with Gasteiger partial charge in [0.05, 0.1) is 17.5 Å². The molecule has 5 nitrogen and oxygen atoms in total. The topological polar surface area (TPSA) is 68.3 Å². The SMILES string of the molecule is COc1cccc(-c2ccc(-c3ccnc4ccc(/C=C5\SC(=O)NC5=O)cc34)s2)c1. The fourth-order valence-electron chi connectivity index (χ4n) is 3.46. The minimum atomic E-state index is -0.359. The first-order valence-corrected chi connectivity index (χ1v) is 11.1. The summed E-state index contributed by atoms with van der Waals surface area (Å²) >= 11 is 2.62. The Balaban J connectivity index is 1.56. The van der Waals surface area contributed by atoms with Crippen molar-refractivity contribution >= 4 is 51.2 Å². The molecule has 0 radical (unpaired) electrons. The molecule has 1 N–H and O–H groups in total. The third-order valence-corrected chi connectivity index (χ3v) is 6.91. The van der Waals surface area contributed by atoms with E-state index in [-0.39, 0.29) is 11.1 Å². The van der Waals surface area contributed by atoms with E-state index in [0.717, 1.165) is 54.9 Å². The fourth-order valence-corrected chi connectivity index (χ4v) is 5.18. The zero-order valence-electron chi connectivity index (χ0n) is 16.4. The zero-order chi connectivity index (χ0) is 21.4. The molecule has 2 amide bonds. The van der Waals surface area contributed by atoms with Gasteiger partial charge in [-0.2, -0.15) is 0 Å². The molecule has 0 spiro atoms. The van der Waals surface area contributed by atoms with Gasteiger partial charge >= 0.3 is 0 Å². The number of methoxy groups -OCH3 is 1. The molecule has 31 heavy (non-hydrogen) atoms. The van der Waals surface area contributed by atoms with E-state index in [2.05, 4.69) is 28.5 Å². The van der Waals surface area contributed by atoms with E-state index in [1.54, 1.807) is 30.7 Å². The Bertz CT molecular complexity index is 1370. The van der Waals surface area contributed by atoms with Crippen LogP contribution < -0.4 is 10.1 Å². The van der Waals surface area contributed by atoms with Crippen LogP contribution in [0.3, 0.4) is 0 Å². The lowest BCUT2D eigenvalue weighted by Crippen LogP contribution is -2.17. The summed E-state index contributed by atoms with van der Waals surface area (Å²) in [5, 5.41) is 2.93. The van der Waals surface area contributed by atoms with Crippen LogP contribution in [0.5, 0.6) is 5.75 Å². The summed E-state index contributed by atoms with van der Waals surface area (Å²) in [6.07, 6.45) is 3.54. The Morgan fingerprint density at radius 1 is 1.00 bits per heavy atom. The van der Waals surface area contributed by atoms with Crippen LogP contribution >= 0.6 is 23.1 Å². The number of carbonyl (C=O) groups excluding carboxylic acids is 2. The predicted octanol–water partition coefficient (Wildman–Crippen LogP) is 5.96. The van der Waals surface area contributed by atoms with Gasteiger partial charge in [0, 0.05) is 26.9 Å². The van der Waals surface area contributed by atoms with E-state index in [1.807, 2.05) is 42.5 Å². The number of rotatable bonds is 4. The van der Waals surface area contributed by atoms with Crippen LogP contribution in [0.25, 0.3) is 37.9 Å². The van der Waals surface area contributed by atoms with Gasteiger partial charge in [0.2, 0.25) is 0 Å². The van der Waals surface area contributed by atoms with Crippen molar-refractivity contribution in [3.05, 3.63) is 77.3 Å². The van der Waals surface area contributed by atoms with Gasteiger partial charge in [-0.1, -0.05) is 18.2 Å². The first-order chi connectivity index (χ1) is 15.1. The number of hydrogen-bond donors (Lipinski definition) is 1. The molecule has 7 heteroatoms. The number of imide groups is 1. The van der Waals surface area contributed by atoms with Crippen molar-refractivity contribution in [3.63, 3.8) is 0 Å². The number of pyridine rings is 1. The number of amides is 2. The molecular weight excluding hydrogens is 428 g/mol. The second-order valence-corrected chi connectivity index (χ2v) is 8.98. The number of ether oxygens (including phenoxy) is 1.